The van der Waals surface area contributed by atoms with E-state index in [-0.39, 0.29) is 11.5 Å². The van der Waals surface area contributed by atoms with Gasteiger partial charge in [0.1, 0.15) is 5.58 Å². The molecule has 6 heteroatoms. The number of aliphatic hydroxyl groups is 1. The van der Waals surface area contributed by atoms with Gasteiger partial charge >= 0.3 is 5.63 Å². The highest BCUT2D eigenvalue weighted by Crippen LogP contribution is 2.34. The predicted octanol–water partition coefficient (Wildman–Crippen LogP) is 2.95. The van der Waals surface area contributed by atoms with Gasteiger partial charge in [0.05, 0.1) is 11.6 Å². The molecule has 1 aliphatic rings. The number of hydrogen-bond acceptors (Lipinski definition) is 5. The van der Waals surface area contributed by atoms with Gasteiger partial charge < -0.3 is 14.8 Å². The van der Waals surface area contributed by atoms with Crippen molar-refractivity contribution in [2.45, 2.75) is 44.9 Å². The summed E-state index contributed by atoms with van der Waals surface area (Å²) in [5, 5.41) is 15.1. The first-order valence-corrected chi connectivity index (χ1v) is 10.7. The summed E-state index contributed by atoms with van der Waals surface area (Å²) in [6.07, 6.45) is 0.676. The van der Waals surface area contributed by atoms with Crippen LogP contribution in [-0.4, -0.2) is 35.1 Å². The number of carbonyl (C=O) groups is 1. The van der Waals surface area contributed by atoms with Crippen LogP contribution in [0.5, 0.6) is 0 Å². The highest BCUT2D eigenvalue weighted by atomic mass is 16.4. The summed E-state index contributed by atoms with van der Waals surface area (Å²) in [5.74, 6) is -0.171. The fourth-order valence-electron chi connectivity index (χ4n) is 4.61. The Morgan fingerprint density at radius 2 is 2.00 bits per heavy atom. The fraction of sp³-hybridized carbons (Fsp3) is 0.360. The lowest BCUT2D eigenvalue weighted by Gasteiger charge is -2.46. The second-order valence-electron chi connectivity index (χ2n) is 8.29. The Kier molecular flexibility index (Phi) is 5.94. The predicted molar refractivity (Wildman–Crippen MR) is 120 cm³/mol. The monoisotopic (exact) mass is 420 g/mol. The number of nitrogens with zero attached hydrogens (tertiary/aromatic N) is 1. The lowest BCUT2D eigenvalue weighted by atomic mass is 9.78. The van der Waals surface area contributed by atoms with E-state index in [9.17, 15) is 14.7 Å². The number of aryl methyl sites for hydroxylation is 1. The van der Waals surface area contributed by atoms with Crippen LogP contribution in [0.4, 0.5) is 0 Å². The molecule has 4 rings (SSSR count). The normalized spacial score (nSPS) is 21.8. The molecule has 162 valence electrons. The summed E-state index contributed by atoms with van der Waals surface area (Å²) >= 11 is 0. The molecule has 2 atom stereocenters. The van der Waals surface area contributed by atoms with Crippen molar-refractivity contribution in [2.24, 2.45) is 0 Å². The Morgan fingerprint density at radius 3 is 2.68 bits per heavy atom. The molecule has 1 aliphatic heterocycles. The first-order chi connectivity index (χ1) is 14.9. The van der Waals surface area contributed by atoms with E-state index in [1.807, 2.05) is 42.5 Å². The molecule has 3 aromatic rings. The third-order valence-electron chi connectivity index (χ3n) is 6.21. The Balaban J connectivity index is 1.62. The van der Waals surface area contributed by atoms with Gasteiger partial charge in [0.25, 0.3) is 0 Å². The van der Waals surface area contributed by atoms with E-state index in [0.717, 1.165) is 22.9 Å². The maximum atomic E-state index is 12.1. The van der Waals surface area contributed by atoms with Crippen molar-refractivity contribution in [3.05, 3.63) is 81.7 Å². The number of likely N-dealkylation sites (tertiary alicyclic amines) is 1. The van der Waals surface area contributed by atoms with Crippen molar-refractivity contribution in [3.63, 3.8) is 0 Å². The van der Waals surface area contributed by atoms with Crippen molar-refractivity contribution in [1.82, 2.24) is 10.2 Å². The highest BCUT2D eigenvalue weighted by molar-refractivity contribution is 5.81. The number of benzene rings is 2. The topological polar surface area (TPSA) is 82.8 Å². The van der Waals surface area contributed by atoms with Crippen molar-refractivity contribution in [3.8, 4) is 0 Å². The molecule has 2 N–H and O–H groups in total. The van der Waals surface area contributed by atoms with Crippen LogP contribution < -0.4 is 10.9 Å². The average molecular weight is 421 g/mol. The standard InChI is InChI=1S/C25H28N2O4/c1-3-18-9-10-22-21(13-18)19(14-24(30)31-22)15-27-12-11-25(23(29)16-27,26-17(2)28)20-7-5-4-6-8-20/h4-10,13-14,23,29H,3,11-12,15-16H2,1-2H3,(H,26,28)/t23-,25+/m1/s1. The van der Waals surface area contributed by atoms with E-state index in [0.29, 0.717) is 31.6 Å². The minimum atomic E-state index is -0.823. The zero-order valence-corrected chi connectivity index (χ0v) is 17.9. The van der Waals surface area contributed by atoms with E-state index < -0.39 is 11.6 Å². The minimum Gasteiger partial charge on any atom is -0.423 e. The zero-order chi connectivity index (χ0) is 22.0. The third-order valence-corrected chi connectivity index (χ3v) is 6.21. The molecule has 1 fully saturated rings. The highest BCUT2D eigenvalue weighted by Gasteiger charge is 2.44. The van der Waals surface area contributed by atoms with Crippen LogP contribution in [0.25, 0.3) is 11.0 Å². The SMILES string of the molecule is CCc1ccc2oc(=O)cc(CN3CC[C@](NC(C)=O)(c4ccccc4)[C@H](O)C3)c2c1. The van der Waals surface area contributed by atoms with Crippen LogP contribution in [0.2, 0.25) is 0 Å². The first-order valence-electron chi connectivity index (χ1n) is 10.7. The number of fused-ring (bicyclic) bond motifs is 1. The quantitative estimate of drug-likeness (QED) is 0.620. The number of hydrogen-bond donors (Lipinski definition) is 2. The van der Waals surface area contributed by atoms with Crippen LogP contribution in [-0.2, 0) is 23.3 Å². The molecule has 2 heterocycles. The largest absolute Gasteiger partial charge is 0.423 e. The first kappa shape index (κ1) is 21.3. The molecule has 6 nitrogen and oxygen atoms in total. The number of rotatable bonds is 5. The third kappa shape index (κ3) is 4.27. The molecule has 0 aliphatic carbocycles. The number of piperidine rings is 1. The summed E-state index contributed by atoms with van der Waals surface area (Å²) in [6.45, 7) is 5.14. The second-order valence-corrected chi connectivity index (χ2v) is 8.29. The maximum Gasteiger partial charge on any atom is 0.336 e. The van der Waals surface area contributed by atoms with Crippen LogP contribution in [0, 0.1) is 0 Å². The average Bonchev–Trinajstić information content (AvgIpc) is 2.76. The van der Waals surface area contributed by atoms with Crippen molar-refractivity contribution in [2.75, 3.05) is 13.1 Å². The Hall–Kier alpha value is -2.96. The van der Waals surface area contributed by atoms with Gasteiger partial charge in [-0.25, -0.2) is 4.79 Å². The van der Waals surface area contributed by atoms with Gasteiger partial charge in [-0.2, -0.15) is 0 Å². The Bertz CT molecular complexity index is 1140. The van der Waals surface area contributed by atoms with Crippen LogP contribution >= 0.6 is 0 Å². The van der Waals surface area contributed by atoms with E-state index in [4.69, 9.17) is 4.42 Å². The Labute approximate surface area is 181 Å². The van der Waals surface area contributed by atoms with E-state index in [1.165, 1.54) is 12.5 Å². The number of nitrogens with one attached hydrogen (secondary N) is 1. The molecule has 0 spiro atoms. The van der Waals surface area contributed by atoms with Crippen LogP contribution in [0.3, 0.4) is 0 Å². The number of aliphatic hydroxyl groups excluding tert-OH is 1. The number of β-amino-alcohol motifs (C(OH)–C–C–N with tert-alkyl or cyclic N) is 1. The van der Waals surface area contributed by atoms with Gasteiger partial charge in [0, 0.05) is 38.0 Å². The van der Waals surface area contributed by atoms with E-state index in [1.54, 1.807) is 6.07 Å². The maximum absolute atomic E-state index is 12.1. The number of carbonyl (C=O) groups excluding carboxylic acids is 1. The number of amides is 1. The summed E-state index contributed by atoms with van der Waals surface area (Å²) in [7, 11) is 0. The fourth-order valence-corrected chi connectivity index (χ4v) is 4.61. The van der Waals surface area contributed by atoms with Crippen molar-refractivity contribution >= 4 is 16.9 Å². The molecule has 1 amide bonds. The molecule has 0 radical (unpaired) electrons. The van der Waals surface area contributed by atoms with E-state index in [2.05, 4.69) is 23.2 Å². The smallest absolute Gasteiger partial charge is 0.336 e. The Morgan fingerprint density at radius 1 is 1.23 bits per heavy atom. The van der Waals surface area contributed by atoms with Gasteiger partial charge in [0.2, 0.25) is 5.91 Å². The van der Waals surface area contributed by atoms with Crippen LogP contribution in [0.15, 0.2) is 63.8 Å². The van der Waals surface area contributed by atoms with Crippen molar-refractivity contribution in [1.29, 1.82) is 0 Å². The molecular weight excluding hydrogens is 392 g/mol. The molecular formula is C25H28N2O4. The second kappa shape index (κ2) is 8.65. The van der Waals surface area contributed by atoms with Crippen molar-refractivity contribution < 1.29 is 14.3 Å². The molecule has 1 aromatic heterocycles. The van der Waals surface area contributed by atoms with Gasteiger partial charge in [-0.05, 0) is 41.7 Å². The molecule has 0 bridgehead atoms. The van der Waals surface area contributed by atoms with Gasteiger partial charge in [-0.1, -0.05) is 43.3 Å². The van der Waals surface area contributed by atoms with Gasteiger partial charge in [0.15, 0.2) is 0 Å². The van der Waals surface area contributed by atoms with Gasteiger partial charge in [-0.3, -0.25) is 9.69 Å². The molecule has 31 heavy (non-hydrogen) atoms. The molecule has 0 unspecified atom stereocenters. The molecule has 0 saturated carbocycles. The summed E-state index contributed by atoms with van der Waals surface area (Å²) < 4.78 is 5.38. The summed E-state index contributed by atoms with van der Waals surface area (Å²) in [6, 6.07) is 17.1. The summed E-state index contributed by atoms with van der Waals surface area (Å²) in [5.41, 5.74) is 2.35. The summed E-state index contributed by atoms with van der Waals surface area (Å²) in [4.78, 5) is 26.2. The van der Waals surface area contributed by atoms with Gasteiger partial charge in [-0.15, -0.1) is 0 Å². The lowest BCUT2D eigenvalue weighted by Crippen LogP contribution is -2.61. The zero-order valence-electron chi connectivity index (χ0n) is 17.9. The molecule has 2 aromatic carbocycles. The van der Waals surface area contributed by atoms with Crippen LogP contribution in [0.1, 0.15) is 37.0 Å². The molecule has 1 saturated heterocycles. The minimum absolute atomic E-state index is 0.171. The lowest BCUT2D eigenvalue weighted by molar-refractivity contribution is -0.125. The van der Waals surface area contributed by atoms with E-state index >= 15 is 0 Å².